The van der Waals surface area contributed by atoms with Gasteiger partial charge in [0.05, 0.1) is 15.0 Å². The van der Waals surface area contributed by atoms with Crippen molar-refractivity contribution in [3.8, 4) is 5.75 Å². The molecule has 0 aliphatic carbocycles. The maximum absolute atomic E-state index is 12.9. The van der Waals surface area contributed by atoms with Crippen molar-refractivity contribution >= 4 is 74.0 Å². The van der Waals surface area contributed by atoms with Crippen molar-refractivity contribution in [1.82, 2.24) is 9.80 Å². The molecule has 0 bridgehead atoms. The molecule has 172 valence electrons. The van der Waals surface area contributed by atoms with Gasteiger partial charge in [0.1, 0.15) is 18.9 Å². The highest BCUT2D eigenvalue weighted by Gasteiger charge is 2.37. The summed E-state index contributed by atoms with van der Waals surface area (Å²) in [4.78, 5) is 40.7. The number of nitrogens with zero attached hydrogens (tertiary/aromatic N) is 2. The zero-order valence-electron chi connectivity index (χ0n) is 17.4. The lowest BCUT2D eigenvalue weighted by Gasteiger charge is -2.18. The fraction of sp³-hybridized carbons (Fsp3) is 0.261. The molecule has 0 atom stereocenters. The van der Waals surface area contributed by atoms with E-state index < -0.39 is 11.1 Å². The molecule has 0 saturated carbocycles. The van der Waals surface area contributed by atoms with E-state index in [1.54, 1.807) is 35.2 Å². The van der Waals surface area contributed by atoms with Gasteiger partial charge in [-0.25, -0.2) is 0 Å². The van der Waals surface area contributed by atoms with Gasteiger partial charge in [0.2, 0.25) is 5.91 Å². The molecule has 3 amide bonds. The first-order valence-electron chi connectivity index (χ1n) is 10.2. The van der Waals surface area contributed by atoms with Crippen LogP contribution in [-0.2, 0) is 16.2 Å². The second kappa shape index (κ2) is 10.5. The summed E-state index contributed by atoms with van der Waals surface area (Å²) in [5, 5.41) is 0.446. The van der Waals surface area contributed by atoms with Gasteiger partial charge in [0.15, 0.2) is 0 Å². The van der Waals surface area contributed by atoms with Crippen molar-refractivity contribution in [1.29, 1.82) is 0 Å². The predicted octanol–water partition coefficient (Wildman–Crippen LogP) is 5.99. The van der Waals surface area contributed by atoms with Crippen molar-refractivity contribution in [2.45, 2.75) is 19.4 Å². The van der Waals surface area contributed by atoms with Crippen LogP contribution in [0.25, 0.3) is 6.08 Å². The summed E-state index contributed by atoms with van der Waals surface area (Å²) < 4.78 is 6.75. The molecule has 0 unspecified atom stereocenters. The van der Waals surface area contributed by atoms with Crippen molar-refractivity contribution in [3.05, 3.63) is 66.9 Å². The standard InChI is InChI=1S/C23H19BrCl2N2O4S/c24-16-4-6-19(32-13-14-3-5-17(25)18(26)9-14)15(10-16)11-20-22(30)28(23(31)33-20)12-21(29)27-7-1-2-8-27/h3-6,9-11H,1-2,7-8,12-13H2/b20-11+. The fourth-order valence-corrected chi connectivity index (χ4v) is 5.06. The highest BCUT2D eigenvalue weighted by molar-refractivity contribution is 9.10. The van der Waals surface area contributed by atoms with Gasteiger partial charge in [0, 0.05) is 23.1 Å². The molecule has 10 heteroatoms. The topological polar surface area (TPSA) is 66.9 Å². The Morgan fingerprint density at radius 2 is 1.85 bits per heavy atom. The first kappa shape index (κ1) is 24.1. The maximum atomic E-state index is 12.9. The van der Waals surface area contributed by atoms with Gasteiger partial charge in [-0.3, -0.25) is 19.3 Å². The van der Waals surface area contributed by atoms with Gasteiger partial charge in [0.25, 0.3) is 11.1 Å². The van der Waals surface area contributed by atoms with Crippen LogP contribution in [0.2, 0.25) is 10.0 Å². The van der Waals surface area contributed by atoms with Crippen LogP contribution in [0.4, 0.5) is 4.79 Å². The molecule has 4 rings (SSSR count). The minimum Gasteiger partial charge on any atom is -0.488 e. The Bertz CT molecular complexity index is 1150. The molecule has 6 nitrogen and oxygen atoms in total. The molecular formula is C23H19BrCl2N2O4S. The second-order valence-electron chi connectivity index (χ2n) is 7.58. The number of amides is 3. The van der Waals surface area contributed by atoms with Crippen molar-refractivity contribution in [3.63, 3.8) is 0 Å². The normalized spacial score (nSPS) is 17.4. The van der Waals surface area contributed by atoms with E-state index in [-0.39, 0.29) is 24.0 Å². The minimum absolute atomic E-state index is 0.204. The summed E-state index contributed by atoms with van der Waals surface area (Å²) in [5.74, 6) is -0.152. The third kappa shape index (κ3) is 5.74. The summed E-state index contributed by atoms with van der Waals surface area (Å²) in [6, 6.07) is 10.6. The number of carbonyl (C=O) groups excluding carboxylic acids is 3. The molecule has 2 heterocycles. The maximum Gasteiger partial charge on any atom is 0.294 e. The molecule has 2 aromatic rings. The Hall–Kier alpha value is -2.00. The number of thioether (sulfide) groups is 1. The second-order valence-corrected chi connectivity index (χ2v) is 10.3. The average molecular weight is 570 g/mol. The van der Waals surface area contributed by atoms with E-state index in [2.05, 4.69) is 15.9 Å². The number of halogens is 3. The number of benzene rings is 2. The Balaban J connectivity index is 1.51. The Labute approximate surface area is 214 Å². The zero-order valence-corrected chi connectivity index (χ0v) is 21.3. The number of imide groups is 1. The van der Waals surface area contributed by atoms with Gasteiger partial charge in [-0.15, -0.1) is 0 Å². The number of carbonyl (C=O) groups is 3. The summed E-state index contributed by atoms with van der Waals surface area (Å²) in [6.07, 6.45) is 3.50. The van der Waals surface area contributed by atoms with Crippen LogP contribution < -0.4 is 4.74 Å². The van der Waals surface area contributed by atoms with E-state index in [1.165, 1.54) is 0 Å². The van der Waals surface area contributed by atoms with Crippen LogP contribution in [-0.4, -0.2) is 46.5 Å². The predicted molar refractivity (Wildman–Crippen MR) is 133 cm³/mol. The minimum atomic E-state index is -0.479. The van der Waals surface area contributed by atoms with E-state index in [1.807, 2.05) is 12.1 Å². The number of hydrogen-bond acceptors (Lipinski definition) is 5. The summed E-state index contributed by atoms with van der Waals surface area (Å²) >= 11 is 16.3. The smallest absolute Gasteiger partial charge is 0.294 e. The molecule has 2 aromatic carbocycles. The van der Waals surface area contributed by atoms with Gasteiger partial charge >= 0.3 is 0 Å². The third-order valence-corrected chi connectivity index (χ3v) is 7.40. The van der Waals surface area contributed by atoms with E-state index >= 15 is 0 Å². The fourth-order valence-electron chi connectivity index (χ4n) is 3.53. The largest absolute Gasteiger partial charge is 0.488 e. The lowest BCUT2D eigenvalue weighted by Crippen LogP contribution is -2.40. The third-order valence-electron chi connectivity index (χ3n) is 5.26. The average Bonchev–Trinajstić information content (AvgIpc) is 3.41. The van der Waals surface area contributed by atoms with Gasteiger partial charge < -0.3 is 9.64 Å². The van der Waals surface area contributed by atoms with Gasteiger partial charge in [-0.05, 0) is 66.6 Å². The Morgan fingerprint density at radius 3 is 2.58 bits per heavy atom. The van der Waals surface area contributed by atoms with Crippen molar-refractivity contribution < 1.29 is 19.1 Å². The summed E-state index contributed by atoms with van der Waals surface area (Å²) in [5.41, 5.74) is 1.46. The Kier molecular flexibility index (Phi) is 7.69. The van der Waals surface area contributed by atoms with Gasteiger partial charge in [-0.1, -0.05) is 45.2 Å². The molecular weight excluding hydrogens is 551 g/mol. The molecule has 0 N–H and O–H groups in total. The molecule has 0 radical (unpaired) electrons. The van der Waals surface area contributed by atoms with Crippen LogP contribution >= 0.6 is 50.9 Å². The van der Waals surface area contributed by atoms with Crippen LogP contribution in [0.5, 0.6) is 5.75 Å². The summed E-state index contributed by atoms with van der Waals surface area (Å²) in [6.45, 7) is 1.34. The molecule has 2 aliphatic heterocycles. The van der Waals surface area contributed by atoms with Crippen molar-refractivity contribution in [2.75, 3.05) is 19.6 Å². The van der Waals surface area contributed by atoms with Gasteiger partial charge in [-0.2, -0.15) is 0 Å². The van der Waals surface area contributed by atoms with Crippen molar-refractivity contribution in [2.24, 2.45) is 0 Å². The molecule has 2 fully saturated rings. The number of hydrogen-bond donors (Lipinski definition) is 0. The summed E-state index contributed by atoms with van der Waals surface area (Å²) in [7, 11) is 0. The lowest BCUT2D eigenvalue weighted by molar-refractivity contribution is -0.135. The van der Waals surface area contributed by atoms with E-state index in [0.717, 1.165) is 39.5 Å². The quantitative estimate of drug-likeness (QED) is 0.399. The van der Waals surface area contributed by atoms with Crippen LogP contribution in [0.3, 0.4) is 0 Å². The highest BCUT2D eigenvalue weighted by Crippen LogP contribution is 2.35. The van der Waals surface area contributed by atoms with E-state index in [9.17, 15) is 14.4 Å². The number of ether oxygens (including phenoxy) is 1. The monoisotopic (exact) mass is 568 g/mol. The van der Waals surface area contributed by atoms with Crippen LogP contribution in [0.15, 0.2) is 45.8 Å². The SMILES string of the molecule is O=C(CN1C(=O)S/C(=C/c2cc(Br)ccc2OCc2ccc(Cl)c(Cl)c2)C1=O)N1CCCC1. The Morgan fingerprint density at radius 1 is 1.09 bits per heavy atom. The van der Waals surface area contributed by atoms with E-state index in [4.69, 9.17) is 27.9 Å². The molecule has 0 spiro atoms. The first-order valence-corrected chi connectivity index (χ1v) is 12.6. The highest BCUT2D eigenvalue weighted by atomic mass is 79.9. The lowest BCUT2D eigenvalue weighted by atomic mass is 10.1. The van der Waals surface area contributed by atoms with Crippen LogP contribution in [0.1, 0.15) is 24.0 Å². The first-order chi connectivity index (χ1) is 15.8. The molecule has 2 aliphatic rings. The van der Waals surface area contributed by atoms with Crippen LogP contribution in [0, 0.1) is 0 Å². The number of rotatable bonds is 6. The molecule has 0 aromatic heterocycles. The van der Waals surface area contributed by atoms with E-state index in [0.29, 0.717) is 34.4 Å². The molecule has 33 heavy (non-hydrogen) atoms. The number of likely N-dealkylation sites (tertiary alicyclic amines) is 1. The zero-order chi connectivity index (χ0) is 23.5. The molecule has 2 saturated heterocycles.